The van der Waals surface area contributed by atoms with E-state index in [0.717, 1.165) is 19.0 Å². The molecule has 6 heteroatoms. The number of piperidine rings is 1. The quantitative estimate of drug-likeness (QED) is 0.765. The first kappa shape index (κ1) is 12.2. The molecular formula is C14H16FN3O2. The van der Waals surface area contributed by atoms with E-state index in [1.807, 2.05) is 0 Å². The number of amides is 1. The molecule has 0 spiro atoms. The Bertz CT molecular complexity index is 578. The highest BCUT2D eigenvalue weighted by molar-refractivity contribution is 5.93. The van der Waals surface area contributed by atoms with Gasteiger partial charge < -0.3 is 15.7 Å². The zero-order valence-corrected chi connectivity index (χ0v) is 10.9. The van der Waals surface area contributed by atoms with Crippen molar-refractivity contribution in [2.75, 3.05) is 6.54 Å². The van der Waals surface area contributed by atoms with Gasteiger partial charge in [-0.25, -0.2) is 9.37 Å². The number of fused-ring (bicyclic) bond motifs is 1. The van der Waals surface area contributed by atoms with Gasteiger partial charge in [-0.2, -0.15) is 0 Å². The summed E-state index contributed by atoms with van der Waals surface area (Å²) in [6, 6.07) is 2.27. The van der Waals surface area contributed by atoms with Gasteiger partial charge in [-0.3, -0.25) is 4.79 Å². The Kier molecular flexibility index (Phi) is 2.30. The first-order valence-corrected chi connectivity index (χ1v) is 6.90. The summed E-state index contributed by atoms with van der Waals surface area (Å²) in [4.78, 5) is 18.0. The third kappa shape index (κ3) is 1.38. The number of likely N-dealkylation sites (tertiary alicyclic amines) is 1. The maximum absolute atomic E-state index is 12.9. The Morgan fingerprint density at radius 1 is 1.55 bits per heavy atom. The summed E-state index contributed by atoms with van der Waals surface area (Å²) < 4.78 is 12.9. The summed E-state index contributed by atoms with van der Waals surface area (Å²) in [5.41, 5.74) is 6.13. The van der Waals surface area contributed by atoms with Crippen molar-refractivity contribution in [3.05, 3.63) is 29.8 Å². The van der Waals surface area contributed by atoms with E-state index in [4.69, 9.17) is 5.73 Å². The van der Waals surface area contributed by atoms with Gasteiger partial charge in [0, 0.05) is 18.0 Å². The Labute approximate surface area is 115 Å². The van der Waals surface area contributed by atoms with Crippen LogP contribution in [0, 0.1) is 17.7 Å². The zero-order chi connectivity index (χ0) is 14.1. The number of carbonyl (C=O) groups is 1. The van der Waals surface area contributed by atoms with Gasteiger partial charge in [-0.1, -0.05) is 0 Å². The van der Waals surface area contributed by atoms with E-state index < -0.39 is 17.5 Å². The molecule has 1 saturated heterocycles. The number of aromatic nitrogens is 1. The van der Waals surface area contributed by atoms with Crippen LogP contribution in [-0.4, -0.2) is 45.1 Å². The van der Waals surface area contributed by atoms with Crippen LogP contribution >= 0.6 is 0 Å². The minimum atomic E-state index is -0.545. The molecule has 3 N–H and O–H groups in total. The lowest BCUT2D eigenvalue weighted by atomic mass is 9.61. The molecule has 3 fully saturated rings. The van der Waals surface area contributed by atoms with Gasteiger partial charge in [0.05, 0.1) is 18.3 Å². The Balaban J connectivity index is 1.66. The molecule has 0 radical (unpaired) electrons. The number of nitrogens with zero attached hydrogens (tertiary/aromatic N) is 2. The van der Waals surface area contributed by atoms with Crippen LogP contribution in [0.15, 0.2) is 18.3 Å². The lowest BCUT2D eigenvalue weighted by Crippen LogP contribution is -2.78. The molecule has 1 aromatic heterocycles. The van der Waals surface area contributed by atoms with E-state index >= 15 is 0 Å². The third-order valence-corrected chi connectivity index (χ3v) is 5.20. The molecule has 1 aliphatic heterocycles. The standard InChI is InChI=1S/C14H16FN3O2/c15-8-1-2-10(17-5-8)13(20)18-6-7-3-9-11(19)12(18)14(9,16)4-7/h1-2,5,7,9,11-12,19H,3-4,6,16H2/t7-,9-,11-,12-,14?/m1/s1. The molecule has 3 aliphatic rings. The normalized spacial score (nSPS) is 41.5. The van der Waals surface area contributed by atoms with E-state index in [9.17, 15) is 14.3 Å². The highest BCUT2D eigenvalue weighted by atomic mass is 19.1. The van der Waals surface area contributed by atoms with E-state index in [-0.39, 0.29) is 23.6 Å². The number of carbonyl (C=O) groups excluding carboxylic acids is 1. The first-order valence-electron chi connectivity index (χ1n) is 6.90. The molecule has 0 aromatic carbocycles. The van der Waals surface area contributed by atoms with E-state index in [2.05, 4.69) is 4.98 Å². The van der Waals surface area contributed by atoms with Crippen LogP contribution in [0.5, 0.6) is 0 Å². The number of hydrogen-bond donors (Lipinski definition) is 2. The minimum Gasteiger partial charge on any atom is -0.391 e. The zero-order valence-electron chi connectivity index (χ0n) is 10.9. The Hall–Kier alpha value is -1.53. The molecule has 1 unspecified atom stereocenters. The van der Waals surface area contributed by atoms with Crippen LogP contribution in [0.3, 0.4) is 0 Å². The van der Waals surface area contributed by atoms with Crippen LogP contribution in [-0.2, 0) is 0 Å². The maximum Gasteiger partial charge on any atom is 0.272 e. The van der Waals surface area contributed by atoms with Crippen molar-refractivity contribution in [1.29, 1.82) is 0 Å². The topological polar surface area (TPSA) is 79.5 Å². The van der Waals surface area contributed by atoms with Crippen LogP contribution < -0.4 is 5.73 Å². The van der Waals surface area contributed by atoms with Crippen molar-refractivity contribution in [1.82, 2.24) is 9.88 Å². The van der Waals surface area contributed by atoms with Crippen molar-refractivity contribution < 1.29 is 14.3 Å². The Morgan fingerprint density at radius 3 is 3.05 bits per heavy atom. The average Bonchev–Trinajstić information content (AvgIpc) is 2.55. The van der Waals surface area contributed by atoms with Crippen molar-refractivity contribution in [3.8, 4) is 0 Å². The maximum atomic E-state index is 12.9. The van der Waals surface area contributed by atoms with Crippen LogP contribution in [0.1, 0.15) is 23.3 Å². The number of aliphatic hydroxyl groups excluding tert-OH is 1. The average molecular weight is 277 g/mol. The number of nitrogens with two attached hydrogens (primary N) is 1. The minimum absolute atomic E-state index is 0.108. The second kappa shape index (κ2) is 3.77. The lowest BCUT2D eigenvalue weighted by Gasteiger charge is -2.59. The number of hydrogen-bond acceptors (Lipinski definition) is 4. The number of pyridine rings is 1. The molecule has 106 valence electrons. The van der Waals surface area contributed by atoms with E-state index in [1.165, 1.54) is 12.1 Å². The van der Waals surface area contributed by atoms with Crippen molar-refractivity contribution in [2.45, 2.75) is 30.5 Å². The molecule has 2 heterocycles. The summed E-state index contributed by atoms with van der Waals surface area (Å²) >= 11 is 0. The SMILES string of the molecule is NC12C[C@H]3C[C@@H]1[C@@H](O)[C@H]2N(C(=O)c1ccc(F)cn1)C3. The summed E-state index contributed by atoms with van der Waals surface area (Å²) in [5, 5.41) is 10.2. The number of halogens is 1. The van der Waals surface area contributed by atoms with Crippen LogP contribution in [0.2, 0.25) is 0 Å². The molecule has 5 atom stereocenters. The molecule has 2 bridgehead atoms. The predicted octanol–water partition coefficient (Wildman–Crippen LogP) is 0.143. The first-order chi connectivity index (χ1) is 9.50. The molecule has 2 aliphatic carbocycles. The largest absolute Gasteiger partial charge is 0.391 e. The summed E-state index contributed by atoms with van der Waals surface area (Å²) in [7, 11) is 0. The summed E-state index contributed by atoms with van der Waals surface area (Å²) in [5.74, 6) is -0.285. The highest BCUT2D eigenvalue weighted by Crippen LogP contribution is 2.57. The van der Waals surface area contributed by atoms with E-state index in [1.54, 1.807) is 4.90 Å². The van der Waals surface area contributed by atoms with Gasteiger partial charge in [0.15, 0.2) is 0 Å². The second-order valence-corrected chi connectivity index (χ2v) is 6.28. The fraction of sp³-hybridized carbons (Fsp3) is 0.571. The smallest absolute Gasteiger partial charge is 0.272 e. The summed E-state index contributed by atoms with van der Waals surface area (Å²) in [6.45, 7) is 0.606. The van der Waals surface area contributed by atoms with Gasteiger partial charge in [0.2, 0.25) is 0 Å². The summed E-state index contributed by atoms with van der Waals surface area (Å²) in [6.07, 6.45) is 2.25. The third-order valence-electron chi connectivity index (χ3n) is 5.20. The van der Waals surface area contributed by atoms with E-state index in [0.29, 0.717) is 12.5 Å². The van der Waals surface area contributed by atoms with Crippen molar-refractivity contribution in [3.63, 3.8) is 0 Å². The monoisotopic (exact) mass is 277 g/mol. The van der Waals surface area contributed by atoms with Gasteiger partial charge in [0.1, 0.15) is 11.5 Å². The van der Waals surface area contributed by atoms with Gasteiger partial charge in [0.25, 0.3) is 5.91 Å². The molecule has 1 amide bonds. The molecule has 1 aromatic rings. The van der Waals surface area contributed by atoms with Crippen LogP contribution in [0.25, 0.3) is 0 Å². The number of rotatable bonds is 1. The highest BCUT2D eigenvalue weighted by Gasteiger charge is 2.69. The molecule has 5 nitrogen and oxygen atoms in total. The van der Waals surface area contributed by atoms with Crippen LogP contribution in [0.4, 0.5) is 4.39 Å². The molecular weight excluding hydrogens is 261 g/mol. The van der Waals surface area contributed by atoms with Crippen molar-refractivity contribution >= 4 is 5.91 Å². The van der Waals surface area contributed by atoms with Gasteiger partial charge in [-0.05, 0) is 30.9 Å². The Morgan fingerprint density at radius 2 is 2.35 bits per heavy atom. The number of aliphatic hydroxyl groups is 1. The fourth-order valence-corrected chi connectivity index (χ4v) is 4.39. The molecule has 2 saturated carbocycles. The molecule has 4 rings (SSSR count). The van der Waals surface area contributed by atoms with Crippen molar-refractivity contribution in [2.24, 2.45) is 17.6 Å². The lowest BCUT2D eigenvalue weighted by molar-refractivity contribution is -0.117. The second-order valence-electron chi connectivity index (χ2n) is 6.28. The van der Waals surface area contributed by atoms with Gasteiger partial charge in [-0.15, -0.1) is 0 Å². The van der Waals surface area contributed by atoms with Gasteiger partial charge >= 0.3 is 0 Å². The fourth-order valence-electron chi connectivity index (χ4n) is 4.39. The molecule has 20 heavy (non-hydrogen) atoms. The predicted molar refractivity (Wildman–Crippen MR) is 68.2 cm³/mol.